The summed E-state index contributed by atoms with van der Waals surface area (Å²) in [7, 11) is -1.21. The summed E-state index contributed by atoms with van der Waals surface area (Å²) in [4.78, 5) is 6.51. The standard InChI is InChI=1S/C16H29N3O2S/c1-15(2)12-19(9-10-22(15,20)21)14(17-3)18-11-16(7-4-8-16)13-5-6-13/h13H,4-12H2,1-3H3,(H,17,18). The monoisotopic (exact) mass is 327 g/mol. The molecule has 0 aromatic rings. The SMILES string of the molecule is CN=C(NCC1(C2CC2)CCC1)N1CCS(=O)(=O)C(C)(C)C1. The van der Waals surface area contributed by atoms with Crippen LogP contribution in [0.1, 0.15) is 46.0 Å². The van der Waals surface area contributed by atoms with E-state index in [9.17, 15) is 8.42 Å². The smallest absolute Gasteiger partial charge is 0.193 e. The molecule has 5 nitrogen and oxygen atoms in total. The van der Waals surface area contributed by atoms with E-state index in [-0.39, 0.29) is 5.75 Å². The van der Waals surface area contributed by atoms with Gasteiger partial charge in [-0.3, -0.25) is 4.99 Å². The van der Waals surface area contributed by atoms with Crippen LogP contribution in [0.25, 0.3) is 0 Å². The van der Waals surface area contributed by atoms with Gasteiger partial charge in [0.05, 0.1) is 10.5 Å². The van der Waals surface area contributed by atoms with Gasteiger partial charge in [0.25, 0.3) is 0 Å². The molecule has 0 unspecified atom stereocenters. The van der Waals surface area contributed by atoms with Crippen LogP contribution in [0.2, 0.25) is 0 Å². The number of nitrogens with one attached hydrogen (secondary N) is 1. The number of rotatable bonds is 3. The van der Waals surface area contributed by atoms with Gasteiger partial charge in [0.15, 0.2) is 15.8 Å². The third-order valence-corrected chi connectivity index (χ3v) is 8.48. The van der Waals surface area contributed by atoms with Gasteiger partial charge >= 0.3 is 0 Å². The van der Waals surface area contributed by atoms with Crippen LogP contribution >= 0.6 is 0 Å². The largest absolute Gasteiger partial charge is 0.356 e. The Bertz CT molecular complexity index is 560. The van der Waals surface area contributed by atoms with Crippen molar-refractivity contribution in [2.45, 2.75) is 50.7 Å². The van der Waals surface area contributed by atoms with E-state index in [1.807, 2.05) is 13.8 Å². The average Bonchev–Trinajstić information content (AvgIpc) is 3.21. The van der Waals surface area contributed by atoms with Gasteiger partial charge < -0.3 is 10.2 Å². The average molecular weight is 327 g/mol. The first kappa shape index (κ1) is 16.1. The van der Waals surface area contributed by atoms with Crippen LogP contribution in [-0.4, -0.2) is 56.5 Å². The Labute approximate surface area is 134 Å². The second-order valence-corrected chi connectivity index (χ2v) is 10.6. The molecule has 3 fully saturated rings. The maximum Gasteiger partial charge on any atom is 0.193 e. The van der Waals surface area contributed by atoms with E-state index in [1.165, 1.54) is 32.1 Å². The predicted octanol–water partition coefficient (Wildman–Crippen LogP) is 1.65. The Morgan fingerprint density at radius 2 is 2.00 bits per heavy atom. The van der Waals surface area contributed by atoms with Crippen molar-refractivity contribution < 1.29 is 8.42 Å². The molecule has 0 amide bonds. The van der Waals surface area contributed by atoms with Crippen molar-refractivity contribution >= 4 is 15.8 Å². The number of nitrogens with zero attached hydrogens (tertiary/aromatic N) is 2. The molecule has 2 aliphatic carbocycles. The second-order valence-electron chi connectivity index (χ2n) is 7.89. The summed E-state index contributed by atoms with van der Waals surface area (Å²) >= 11 is 0. The molecule has 1 saturated heterocycles. The van der Waals surface area contributed by atoms with Crippen molar-refractivity contribution in [3.05, 3.63) is 0 Å². The maximum atomic E-state index is 12.1. The summed E-state index contributed by atoms with van der Waals surface area (Å²) in [6, 6.07) is 0. The van der Waals surface area contributed by atoms with Crippen LogP contribution < -0.4 is 5.32 Å². The van der Waals surface area contributed by atoms with Crippen LogP contribution in [0.3, 0.4) is 0 Å². The lowest BCUT2D eigenvalue weighted by molar-refractivity contribution is 0.104. The predicted molar refractivity (Wildman–Crippen MR) is 89.8 cm³/mol. The van der Waals surface area contributed by atoms with Crippen molar-refractivity contribution in [2.24, 2.45) is 16.3 Å². The molecule has 0 spiro atoms. The fourth-order valence-corrected chi connectivity index (χ4v) is 5.33. The topological polar surface area (TPSA) is 61.8 Å². The number of aliphatic imine (C=N–C) groups is 1. The van der Waals surface area contributed by atoms with Crippen molar-refractivity contribution in [1.29, 1.82) is 0 Å². The highest BCUT2D eigenvalue weighted by atomic mass is 32.2. The Kier molecular flexibility index (Phi) is 3.94. The molecule has 0 aromatic heterocycles. The molecular formula is C16H29N3O2S. The normalized spacial score (nSPS) is 29.8. The first-order chi connectivity index (χ1) is 10.3. The summed E-state index contributed by atoms with van der Waals surface area (Å²) in [5.74, 6) is 1.99. The molecule has 0 bridgehead atoms. The fourth-order valence-electron chi connectivity index (χ4n) is 3.97. The van der Waals surface area contributed by atoms with Crippen molar-refractivity contribution in [1.82, 2.24) is 10.2 Å². The van der Waals surface area contributed by atoms with Gasteiger partial charge in [0.2, 0.25) is 0 Å². The van der Waals surface area contributed by atoms with Crippen LogP contribution in [0.5, 0.6) is 0 Å². The summed E-state index contributed by atoms with van der Waals surface area (Å²) < 4.78 is 23.6. The molecule has 2 saturated carbocycles. The zero-order valence-electron chi connectivity index (χ0n) is 14.1. The highest BCUT2D eigenvalue weighted by Gasteiger charge is 2.49. The van der Waals surface area contributed by atoms with Crippen molar-refractivity contribution in [3.63, 3.8) is 0 Å². The van der Waals surface area contributed by atoms with E-state index < -0.39 is 14.6 Å². The summed E-state index contributed by atoms with van der Waals surface area (Å²) in [6.45, 7) is 5.69. The number of hydrogen-bond acceptors (Lipinski definition) is 3. The number of guanidine groups is 1. The third-order valence-electron chi connectivity index (χ3n) is 5.95. The van der Waals surface area contributed by atoms with Gasteiger partial charge in [0, 0.05) is 26.7 Å². The third kappa shape index (κ3) is 2.74. The number of sulfone groups is 1. The molecule has 0 atom stereocenters. The van der Waals surface area contributed by atoms with Crippen LogP contribution in [0.4, 0.5) is 0 Å². The molecule has 1 N–H and O–H groups in total. The molecule has 0 aromatic carbocycles. The van der Waals surface area contributed by atoms with Gasteiger partial charge in [-0.25, -0.2) is 8.42 Å². The van der Waals surface area contributed by atoms with Crippen molar-refractivity contribution in [2.75, 3.05) is 32.4 Å². The molecule has 1 aliphatic heterocycles. The molecule has 126 valence electrons. The molecule has 6 heteroatoms. The van der Waals surface area contributed by atoms with Gasteiger partial charge in [0.1, 0.15) is 0 Å². The minimum absolute atomic E-state index is 0.217. The van der Waals surface area contributed by atoms with Gasteiger partial charge in [-0.15, -0.1) is 0 Å². The first-order valence-corrected chi connectivity index (χ1v) is 10.1. The van der Waals surface area contributed by atoms with Gasteiger partial charge in [-0.05, 0) is 50.9 Å². The highest BCUT2D eigenvalue weighted by molar-refractivity contribution is 7.92. The minimum atomic E-state index is -3.00. The van der Waals surface area contributed by atoms with E-state index in [0.717, 1.165) is 18.4 Å². The van der Waals surface area contributed by atoms with Gasteiger partial charge in [-0.1, -0.05) is 6.42 Å². The molecule has 3 aliphatic rings. The highest BCUT2D eigenvalue weighted by Crippen LogP contribution is 2.56. The summed E-state index contributed by atoms with van der Waals surface area (Å²) in [5.41, 5.74) is 0.493. The van der Waals surface area contributed by atoms with E-state index in [0.29, 0.717) is 18.5 Å². The maximum absolute atomic E-state index is 12.1. The Morgan fingerprint density at radius 3 is 2.45 bits per heavy atom. The summed E-state index contributed by atoms with van der Waals surface area (Å²) in [6.07, 6.45) is 6.79. The lowest BCUT2D eigenvalue weighted by atomic mass is 9.65. The minimum Gasteiger partial charge on any atom is -0.356 e. The molecule has 22 heavy (non-hydrogen) atoms. The van der Waals surface area contributed by atoms with Crippen molar-refractivity contribution in [3.8, 4) is 0 Å². The van der Waals surface area contributed by atoms with Crippen LogP contribution in [-0.2, 0) is 9.84 Å². The Hall–Kier alpha value is -0.780. The van der Waals surface area contributed by atoms with E-state index in [2.05, 4.69) is 15.2 Å². The Morgan fingerprint density at radius 1 is 1.32 bits per heavy atom. The Balaban J connectivity index is 1.63. The molecule has 1 heterocycles. The lowest BCUT2D eigenvalue weighted by Gasteiger charge is -2.44. The number of hydrogen-bond donors (Lipinski definition) is 1. The van der Waals surface area contributed by atoms with Gasteiger partial charge in [-0.2, -0.15) is 0 Å². The fraction of sp³-hybridized carbons (Fsp3) is 0.938. The quantitative estimate of drug-likeness (QED) is 0.632. The summed E-state index contributed by atoms with van der Waals surface area (Å²) in [5, 5.41) is 3.55. The lowest BCUT2D eigenvalue weighted by Crippen LogP contribution is -2.58. The van der Waals surface area contributed by atoms with Crippen LogP contribution in [0.15, 0.2) is 4.99 Å². The zero-order valence-corrected chi connectivity index (χ0v) is 14.9. The van der Waals surface area contributed by atoms with E-state index in [4.69, 9.17) is 0 Å². The first-order valence-electron chi connectivity index (χ1n) is 8.48. The molecular weight excluding hydrogens is 298 g/mol. The van der Waals surface area contributed by atoms with E-state index in [1.54, 1.807) is 7.05 Å². The molecule has 0 radical (unpaired) electrons. The van der Waals surface area contributed by atoms with Crippen LogP contribution in [0, 0.1) is 11.3 Å². The second kappa shape index (κ2) is 5.39. The zero-order chi connectivity index (χ0) is 16.0. The van der Waals surface area contributed by atoms with E-state index >= 15 is 0 Å². The molecule has 3 rings (SSSR count).